The van der Waals surface area contributed by atoms with E-state index in [0.29, 0.717) is 25.1 Å². The third kappa shape index (κ3) is 4.92. The van der Waals surface area contributed by atoms with E-state index in [-0.39, 0.29) is 21.7 Å². The van der Waals surface area contributed by atoms with Gasteiger partial charge in [-0.05, 0) is 50.9 Å². The number of nitrogens with one attached hydrogen (secondary N) is 1. The Morgan fingerprint density at radius 2 is 2.21 bits per heavy atom. The summed E-state index contributed by atoms with van der Waals surface area (Å²) < 4.78 is 27.4. The van der Waals surface area contributed by atoms with Gasteiger partial charge in [0.15, 0.2) is 0 Å². The molecular weight excluding hydrogens is 350 g/mol. The number of benzene rings is 1. The van der Waals surface area contributed by atoms with Crippen LogP contribution in [0.3, 0.4) is 0 Å². The van der Waals surface area contributed by atoms with Crippen molar-refractivity contribution in [1.82, 2.24) is 9.62 Å². The number of amides is 1. The van der Waals surface area contributed by atoms with E-state index in [1.165, 1.54) is 0 Å². The zero-order valence-electron chi connectivity index (χ0n) is 13.8. The van der Waals surface area contributed by atoms with Gasteiger partial charge in [-0.1, -0.05) is 23.7 Å². The molecule has 3 N–H and O–H groups in total. The van der Waals surface area contributed by atoms with E-state index in [1.54, 1.807) is 25.1 Å². The minimum atomic E-state index is -3.62. The predicted octanol–water partition coefficient (Wildman–Crippen LogP) is 1.51. The molecule has 1 unspecified atom stereocenters. The smallest absolute Gasteiger partial charge is 0.242 e. The molecule has 1 aromatic rings. The number of halogens is 1. The summed E-state index contributed by atoms with van der Waals surface area (Å²) in [4.78, 5) is 13.6. The first-order chi connectivity index (χ1) is 11.3. The Balaban J connectivity index is 1.84. The molecule has 0 saturated carbocycles. The minimum Gasteiger partial charge on any atom is -0.369 e. The largest absolute Gasteiger partial charge is 0.369 e. The third-order valence-corrected chi connectivity index (χ3v) is 6.37. The molecule has 1 amide bonds. The molecule has 1 fully saturated rings. The van der Waals surface area contributed by atoms with Crippen molar-refractivity contribution >= 4 is 27.5 Å². The Hall–Kier alpha value is -1.15. The van der Waals surface area contributed by atoms with Crippen LogP contribution in [0.15, 0.2) is 23.1 Å². The van der Waals surface area contributed by atoms with Crippen LogP contribution in [0.4, 0.5) is 0 Å². The number of sulfonamides is 1. The normalized spacial score (nSPS) is 19.3. The maximum atomic E-state index is 12.4. The van der Waals surface area contributed by atoms with E-state index in [1.807, 2.05) is 0 Å². The standard InChI is InChI=1S/C16H24ClN3O3S/c1-12-5-2-7-14(17)15(12)24(22,23)19-8-4-10-20-9-3-6-13(11-20)16(18)21/h2,5,7,13,19H,3-4,6,8-11H2,1H3,(H2,18,21). The maximum absolute atomic E-state index is 12.4. The lowest BCUT2D eigenvalue weighted by Gasteiger charge is -2.31. The van der Waals surface area contributed by atoms with Crippen LogP contribution in [0.5, 0.6) is 0 Å². The van der Waals surface area contributed by atoms with Crippen molar-refractivity contribution in [3.05, 3.63) is 28.8 Å². The second-order valence-corrected chi connectivity index (χ2v) is 8.29. The van der Waals surface area contributed by atoms with Crippen LogP contribution in [0.2, 0.25) is 5.02 Å². The fraction of sp³-hybridized carbons (Fsp3) is 0.562. The third-order valence-electron chi connectivity index (χ3n) is 4.28. The zero-order valence-corrected chi connectivity index (χ0v) is 15.4. The van der Waals surface area contributed by atoms with Crippen LogP contribution in [0, 0.1) is 12.8 Å². The van der Waals surface area contributed by atoms with Gasteiger partial charge in [0.1, 0.15) is 4.90 Å². The summed E-state index contributed by atoms with van der Waals surface area (Å²) in [6, 6.07) is 5.02. The Bertz CT molecular complexity index is 674. The van der Waals surface area contributed by atoms with Crippen molar-refractivity contribution < 1.29 is 13.2 Å². The van der Waals surface area contributed by atoms with Crippen molar-refractivity contribution in [3.63, 3.8) is 0 Å². The lowest BCUT2D eigenvalue weighted by Crippen LogP contribution is -2.42. The highest BCUT2D eigenvalue weighted by Crippen LogP contribution is 2.24. The molecule has 1 heterocycles. The predicted molar refractivity (Wildman–Crippen MR) is 94.4 cm³/mol. The average Bonchev–Trinajstić information content (AvgIpc) is 2.51. The molecule has 0 spiro atoms. The molecule has 0 aromatic heterocycles. The van der Waals surface area contributed by atoms with Gasteiger partial charge in [0, 0.05) is 13.1 Å². The average molecular weight is 374 g/mol. The van der Waals surface area contributed by atoms with Gasteiger partial charge in [0.2, 0.25) is 15.9 Å². The van der Waals surface area contributed by atoms with Crippen molar-refractivity contribution in [2.75, 3.05) is 26.2 Å². The first-order valence-corrected chi connectivity index (χ1v) is 9.94. The molecule has 0 aliphatic carbocycles. The molecule has 0 radical (unpaired) electrons. The first kappa shape index (κ1) is 19.2. The van der Waals surface area contributed by atoms with Crippen molar-refractivity contribution in [1.29, 1.82) is 0 Å². The van der Waals surface area contributed by atoms with E-state index < -0.39 is 10.0 Å². The van der Waals surface area contributed by atoms with E-state index in [2.05, 4.69) is 9.62 Å². The molecule has 1 aliphatic rings. The molecular formula is C16H24ClN3O3S. The van der Waals surface area contributed by atoms with Crippen molar-refractivity contribution in [3.8, 4) is 0 Å². The number of hydrogen-bond acceptors (Lipinski definition) is 4. The van der Waals surface area contributed by atoms with Crippen molar-refractivity contribution in [2.24, 2.45) is 11.7 Å². The zero-order chi connectivity index (χ0) is 17.7. The van der Waals surface area contributed by atoms with Crippen LogP contribution in [0.25, 0.3) is 0 Å². The fourth-order valence-electron chi connectivity index (χ4n) is 3.03. The number of aryl methyl sites for hydroxylation is 1. The van der Waals surface area contributed by atoms with Gasteiger partial charge in [-0.3, -0.25) is 4.79 Å². The summed E-state index contributed by atoms with van der Waals surface area (Å²) in [7, 11) is -3.62. The SMILES string of the molecule is Cc1cccc(Cl)c1S(=O)(=O)NCCCN1CCCC(C(N)=O)C1. The lowest BCUT2D eigenvalue weighted by atomic mass is 9.97. The Morgan fingerprint density at radius 3 is 2.88 bits per heavy atom. The quantitative estimate of drug-likeness (QED) is 0.708. The molecule has 2 rings (SSSR count). The second-order valence-electron chi connectivity index (χ2n) is 6.18. The molecule has 134 valence electrons. The number of nitrogens with two attached hydrogens (primary N) is 1. The maximum Gasteiger partial charge on any atom is 0.242 e. The number of likely N-dealkylation sites (tertiary alicyclic amines) is 1. The summed E-state index contributed by atoms with van der Waals surface area (Å²) in [6.07, 6.45) is 2.44. The summed E-state index contributed by atoms with van der Waals surface area (Å²) in [5, 5.41) is 0.225. The summed E-state index contributed by atoms with van der Waals surface area (Å²) in [5.74, 6) is -0.351. The highest BCUT2D eigenvalue weighted by molar-refractivity contribution is 7.89. The number of carbonyl (C=O) groups excluding carboxylic acids is 1. The van der Waals surface area contributed by atoms with Gasteiger partial charge >= 0.3 is 0 Å². The second kappa shape index (κ2) is 8.29. The van der Waals surface area contributed by atoms with Crippen LogP contribution in [-0.4, -0.2) is 45.4 Å². The van der Waals surface area contributed by atoms with E-state index >= 15 is 0 Å². The topological polar surface area (TPSA) is 92.5 Å². The number of carbonyl (C=O) groups is 1. The first-order valence-electron chi connectivity index (χ1n) is 8.07. The summed E-state index contributed by atoms with van der Waals surface area (Å²) >= 11 is 6.02. The molecule has 1 saturated heterocycles. The Kier molecular flexibility index (Phi) is 6.62. The molecule has 1 aliphatic heterocycles. The van der Waals surface area contributed by atoms with Gasteiger partial charge in [0.05, 0.1) is 10.9 Å². The number of piperidine rings is 1. The molecule has 6 nitrogen and oxygen atoms in total. The van der Waals surface area contributed by atoms with Crippen LogP contribution in [0.1, 0.15) is 24.8 Å². The van der Waals surface area contributed by atoms with Gasteiger partial charge < -0.3 is 10.6 Å². The lowest BCUT2D eigenvalue weighted by molar-refractivity contribution is -0.123. The molecule has 8 heteroatoms. The molecule has 1 aromatic carbocycles. The van der Waals surface area contributed by atoms with Crippen LogP contribution in [-0.2, 0) is 14.8 Å². The molecule has 0 bridgehead atoms. The van der Waals surface area contributed by atoms with E-state index in [0.717, 1.165) is 25.9 Å². The number of hydrogen-bond donors (Lipinski definition) is 2. The van der Waals surface area contributed by atoms with Crippen molar-refractivity contribution in [2.45, 2.75) is 31.1 Å². The van der Waals surface area contributed by atoms with Gasteiger partial charge in [0.25, 0.3) is 0 Å². The van der Waals surface area contributed by atoms with Crippen LogP contribution < -0.4 is 10.5 Å². The highest BCUT2D eigenvalue weighted by Gasteiger charge is 2.24. The number of rotatable bonds is 7. The Morgan fingerprint density at radius 1 is 1.46 bits per heavy atom. The van der Waals surface area contributed by atoms with E-state index in [9.17, 15) is 13.2 Å². The molecule has 1 atom stereocenters. The van der Waals surface area contributed by atoms with Gasteiger partial charge in [-0.25, -0.2) is 13.1 Å². The minimum absolute atomic E-state index is 0.0961. The fourth-order valence-corrected chi connectivity index (χ4v) is 4.93. The van der Waals surface area contributed by atoms with Gasteiger partial charge in [-0.15, -0.1) is 0 Å². The summed E-state index contributed by atoms with van der Waals surface area (Å²) in [5.41, 5.74) is 5.98. The van der Waals surface area contributed by atoms with Crippen LogP contribution >= 0.6 is 11.6 Å². The highest BCUT2D eigenvalue weighted by atomic mass is 35.5. The monoisotopic (exact) mass is 373 g/mol. The molecule has 24 heavy (non-hydrogen) atoms. The van der Waals surface area contributed by atoms with Gasteiger partial charge in [-0.2, -0.15) is 0 Å². The number of nitrogens with zero attached hydrogens (tertiary/aromatic N) is 1. The Labute approximate surface area is 148 Å². The van der Waals surface area contributed by atoms with E-state index in [4.69, 9.17) is 17.3 Å². The summed E-state index contributed by atoms with van der Waals surface area (Å²) in [6.45, 7) is 4.35. The number of primary amides is 1.